The Hall–Kier alpha value is -1.82. The van der Waals surface area contributed by atoms with Gasteiger partial charge in [-0.2, -0.15) is 4.98 Å². The van der Waals surface area contributed by atoms with E-state index in [1.54, 1.807) is 7.11 Å². The lowest BCUT2D eigenvalue weighted by atomic mass is 10.3. The van der Waals surface area contributed by atoms with Gasteiger partial charge in [-0.15, -0.1) is 0 Å². The molecule has 1 heterocycles. The van der Waals surface area contributed by atoms with Gasteiger partial charge >= 0.3 is 0 Å². The van der Waals surface area contributed by atoms with Gasteiger partial charge in [0, 0.05) is 22.8 Å². The Morgan fingerprint density at radius 2 is 2.05 bits per heavy atom. The van der Waals surface area contributed by atoms with Crippen LogP contribution in [-0.2, 0) is 0 Å². The van der Waals surface area contributed by atoms with Crippen LogP contribution in [0.5, 0.6) is 5.75 Å². The van der Waals surface area contributed by atoms with Crippen molar-refractivity contribution in [1.82, 2.24) is 9.97 Å². The first-order valence-electron chi connectivity index (χ1n) is 6.32. The maximum absolute atomic E-state index is 5.34. The largest absolute Gasteiger partial charge is 0.495 e. The van der Waals surface area contributed by atoms with Gasteiger partial charge in [0.25, 0.3) is 0 Å². The van der Waals surface area contributed by atoms with E-state index < -0.39 is 0 Å². The van der Waals surface area contributed by atoms with Crippen LogP contribution in [0.4, 0.5) is 17.5 Å². The predicted octanol–water partition coefficient (Wildman–Crippen LogP) is 3.73. The minimum absolute atomic E-state index is 0.615. The number of nitrogens with one attached hydrogen (secondary N) is 2. The molecule has 20 heavy (non-hydrogen) atoms. The molecule has 5 nitrogen and oxygen atoms in total. The summed E-state index contributed by atoms with van der Waals surface area (Å²) in [5.41, 5.74) is 1.75. The van der Waals surface area contributed by atoms with E-state index in [4.69, 9.17) is 4.74 Å². The van der Waals surface area contributed by atoms with Gasteiger partial charge in [0.1, 0.15) is 11.6 Å². The van der Waals surface area contributed by atoms with E-state index in [0.717, 1.165) is 34.0 Å². The third-order valence-corrected chi connectivity index (χ3v) is 3.11. The molecule has 6 heteroatoms. The van der Waals surface area contributed by atoms with Gasteiger partial charge in [-0.3, -0.25) is 0 Å². The number of benzene rings is 1. The molecular weight excluding hydrogens is 320 g/mol. The number of rotatable bonds is 5. The Morgan fingerprint density at radius 3 is 2.75 bits per heavy atom. The Bertz CT molecular complexity index is 604. The zero-order chi connectivity index (χ0) is 14.5. The molecule has 0 aliphatic carbocycles. The second-order valence-electron chi connectivity index (χ2n) is 4.22. The van der Waals surface area contributed by atoms with Crippen molar-refractivity contribution in [2.75, 3.05) is 24.3 Å². The standard InChI is InChI=1S/C14H17BrN4O/c1-4-16-14-17-9(2)7-13(19-14)18-11-8-10(15)5-6-12(11)20-3/h5-8H,4H2,1-3H3,(H2,16,17,18,19). The van der Waals surface area contributed by atoms with Gasteiger partial charge in [-0.25, -0.2) is 4.98 Å². The number of aromatic nitrogens is 2. The lowest BCUT2D eigenvalue weighted by Crippen LogP contribution is -2.05. The normalized spacial score (nSPS) is 10.2. The summed E-state index contributed by atoms with van der Waals surface area (Å²) in [5, 5.41) is 6.37. The molecule has 2 N–H and O–H groups in total. The van der Waals surface area contributed by atoms with E-state index >= 15 is 0 Å². The highest BCUT2D eigenvalue weighted by Gasteiger charge is 2.07. The molecular formula is C14H17BrN4O. The van der Waals surface area contributed by atoms with Crippen LogP contribution < -0.4 is 15.4 Å². The summed E-state index contributed by atoms with van der Waals surface area (Å²) in [6, 6.07) is 7.66. The first kappa shape index (κ1) is 14.6. The second kappa shape index (κ2) is 6.56. The highest BCUT2D eigenvalue weighted by atomic mass is 79.9. The molecule has 0 spiro atoms. The number of halogens is 1. The van der Waals surface area contributed by atoms with Crippen LogP contribution in [0.2, 0.25) is 0 Å². The first-order chi connectivity index (χ1) is 9.62. The summed E-state index contributed by atoms with van der Waals surface area (Å²) in [5.74, 6) is 2.10. The van der Waals surface area contributed by atoms with Crippen molar-refractivity contribution in [3.05, 3.63) is 34.4 Å². The van der Waals surface area contributed by atoms with Crippen LogP contribution in [0.25, 0.3) is 0 Å². The minimum Gasteiger partial charge on any atom is -0.495 e. The molecule has 0 fully saturated rings. The molecule has 2 aromatic rings. The maximum atomic E-state index is 5.34. The lowest BCUT2D eigenvalue weighted by molar-refractivity contribution is 0.416. The summed E-state index contributed by atoms with van der Waals surface area (Å²) < 4.78 is 6.31. The van der Waals surface area contributed by atoms with Gasteiger partial charge in [0.2, 0.25) is 5.95 Å². The topological polar surface area (TPSA) is 59.1 Å². The SMILES string of the molecule is CCNc1nc(C)cc(Nc2cc(Br)ccc2OC)n1. The summed E-state index contributed by atoms with van der Waals surface area (Å²) in [4.78, 5) is 8.74. The van der Waals surface area contributed by atoms with Gasteiger partial charge in [-0.1, -0.05) is 15.9 Å². The van der Waals surface area contributed by atoms with Crippen LogP contribution in [-0.4, -0.2) is 23.6 Å². The quantitative estimate of drug-likeness (QED) is 0.871. The number of aryl methyl sites for hydroxylation is 1. The molecule has 2 rings (SSSR count). The van der Waals surface area contributed by atoms with Crippen molar-refractivity contribution in [3.8, 4) is 5.75 Å². The van der Waals surface area contributed by atoms with Gasteiger partial charge in [-0.05, 0) is 32.0 Å². The van der Waals surface area contributed by atoms with Crippen molar-refractivity contribution in [1.29, 1.82) is 0 Å². The average molecular weight is 337 g/mol. The zero-order valence-corrected chi connectivity index (χ0v) is 13.3. The van der Waals surface area contributed by atoms with Crippen molar-refractivity contribution in [2.24, 2.45) is 0 Å². The zero-order valence-electron chi connectivity index (χ0n) is 11.7. The molecule has 0 aliphatic heterocycles. The Kier molecular flexibility index (Phi) is 4.79. The van der Waals surface area contributed by atoms with Crippen molar-refractivity contribution in [2.45, 2.75) is 13.8 Å². The maximum Gasteiger partial charge on any atom is 0.224 e. The number of hydrogen-bond donors (Lipinski definition) is 2. The molecule has 0 atom stereocenters. The molecule has 0 bridgehead atoms. The van der Waals surface area contributed by atoms with Crippen molar-refractivity contribution in [3.63, 3.8) is 0 Å². The van der Waals surface area contributed by atoms with Crippen LogP contribution in [0.15, 0.2) is 28.7 Å². The third kappa shape index (κ3) is 3.60. The smallest absolute Gasteiger partial charge is 0.224 e. The molecule has 106 valence electrons. The predicted molar refractivity (Wildman–Crippen MR) is 84.9 cm³/mol. The molecule has 0 unspecified atom stereocenters. The van der Waals surface area contributed by atoms with E-state index in [2.05, 4.69) is 36.5 Å². The van der Waals surface area contributed by atoms with E-state index in [9.17, 15) is 0 Å². The van der Waals surface area contributed by atoms with E-state index in [1.807, 2.05) is 38.1 Å². The number of ether oxygens (including phenoxy) is 1. The monoisotopic (exact) mass is 336 g/mol. The Labute approximate surface area is 126 Å². The number of hydrogen-bond acceptors (Lipinski definition) is 5. The number of anilines is 3. The minimum atomic E-state index is 0.615. The van der Waals surface area contributed by atoms with E-state index in [0.29, 0.717) is 5.95 Å². The fraction of sp³-hybridized carbons (Fsp3) is 0.286. The molecule has 0 radical (unpaired) electrons. The van der Waals surface area contributed by atoms with Crippen LogP contribution in [0.3, 0.4) is 0 Å². The molecule has 1 aromatic heterocycles. The highest BCUT2D eigenvalue weighted by molar-refractivity contribution is 9.10. The summed E-state index contributed by atoms with van der Waals surface area (Å²) in [7, 11) is 1.64. The Morgan fingerprint density at radius 1 is 1.25 bits per heavy atom. The van der Waals surface area contributed by atoms with Crippen molar-refractivity contribution < 1.29 is 4.74 Å². The third-order valence-electron chi connectivity index (χ3n) is 2.61. The first-order valence-corrected chi connectivity index (χ1v) is 7.11. The highest BCUT2D eigenvalue weighted by Crippen LogP contribution is 2.30. The molecule has 1 aromatic carbocycles. The summed E-state index contributed by atoms with van der Waals surface area (Å²) in [6.07, 6.45) is 0. The van der Waals surface area contributed by atoms with Crippen LogP contribution in [0.1, 0.15) is 12.6 Å². The summed E-state index contributed by atoms with van der Waals surface area (Å²) >= 11 is 3.45. The van der Waals surface area contributed by atoms with Crippen molar-refractivity contribution >= 4 is 33.4 Å². The fourth-order valence-corrected chi connectivity index (χ4v) is 2.15. The molecule has 0 amide bonds. The van der Waals surface area contributed by atoms with Crippen LogP contribution in [0, 0.1) is 6.92 Å². The van der Waals surface area contributed by atoms with E-state index in [1.165, 1.54) is 0 Å². The molecule has 0 saturated heterocycles. The second-order valence-corrected chi connectivity index (χ2v) is 5.13. The fourth-order valence-electron chi connectivity index (χ4n) is 1.79. The molecule has 0 aliphatic rings. The molecule has 0 saturated carbocycles. The average Bonchev–Trinajstić information content (AvgIpc) is 2.38. The van der Waals surface area contributed by atoms with Gasteiger partial charge < -0.3 is 15.4 Å². The van der Waals surface area contributed by atoms with E-state index in [-0.39, 0.29) is 0 Å². The number of nitrogens with zero attached hydrogens (tertiary/aromatic N) is 2. The van der Waals surface area contributed by atoms with Crippen LogP contribution >= 0.6 is 15.9 Å². The summed E-state index contributed by atoms with van der Waals surface area (Å²) in [6.45, 7) is 4.73. The van der Waals surface area contributed by atoms with Gasteiger partial charge in [0.05, 0.1) is 12.8 Å². The number of methoxy groups -OCH3 is 1. The van der Waals surface area contributed by atoms with Gasteiger partial charge in [0.15, 0.2) is 0 Å². The lowest BCUT2D eigenvalue weighted by Gasteiger charge is -2.12. The Balaban J connectivity index is 2.31.